The van der Waals surface area contributed by atoms with E-state index < -0.39 is 5.60 Å². The Morgan fingerprint density at radius 1 is 2.00 bits per heavy atom. The van der Waals surface area contributed by atoms with E-state index in [9.17, 15) is 4.79 Å². The van der Waals surface area contributed by atoms with Crippen molar-refractivity contribution in [3.63, 3.8) is 0 Å². The quantitative estimate of drug-likeness (QED) is 0.402. The van der Waals surface area contributed by atoms with Gasteiger partial charge in [-0.25, -0.2) is 0 Å². The van der Waals surface area contributed by atoms with Gasteiger partial charge in [-0.05, 0) is 6.42 Å². The molecule has 0 bridgehead atoms. The fourth-order valence-corrected chi connectivity index (χ4v) is 0.219. The molecule has 2 heteroatoms. The summed E-state index contributed by atoms with van der Waals surface area (Å²) in [6.07, 6.45) is 5.44. The number of hydrogen-bond donors (Lipinski definition) is 1. The van der Waals surface area contributed by atoms with Crippen molar-refractivity contribution in [2.45, 2.75) is 18.9 Å². The maximum Gasteiger partial charge on any atom is 0.180 e. The summed E-state index contributed by atoms with van der Waals surface area (Å²) in [6, 6.07) is 0. The van der Waals surface area contributed by atoms with Crippen molar-refractivity contribution in [1.82, 2.24) is 0 Å². The van der Waals surface area contributed by atoms with Crippen LogP contribution in [0.4, 0.5) is 0 Å². The van der Waals surface area contributed by atoms with Crippen LogP contribution in [0.25, 0.3) is 0 Å². The fourth-order valence-electron chi connectivity index (χ4n) is 0.219. The minimum atomic E-state index is -1.53. The first-order valence-electron chi connectivity index (χ1n) is 2.35. The molecule has 0 aliphatic heterocycles. The van der Waals surface area contributed by atoms with E-state index in [1.54, 1.807) is 6.92 Å². The molecule has 0 heterocycles. The third kappa shape index (κ3) is 1.36. The number of aliphatic hydroxyl groups is 1. The van der Waals surface area contributed by atoms with Crippen molar-refractivity contribution in [2.24, 2.45) is 0 Å². The standard InChI is InChI=1S/C6H8O2/c1-3-6(8,4-2)5-7/h1,5,8H,4H2,2H3/t6-/m1/s1. The highest BCUT2D eigenvalue weighted by molar-refractivity contribution is 5.67. The number of carbonyl (C=O) groups is 1. The zero-order chi connectivity index (χ0) is 6.62. The second-order valence-electron chi connectivity index (χ2n) is 1.54. The molecule has 0 unspecified atom stereocenters. The molecule has 0 aromatic heterocycles. The molecule has 0 saturated heterocycles. The molecule has 44 valence electrons. The van der Waals surface area contributed by atoms with Crippen molar-refractivity contribution in [2.75, 3.05) is 0 Å². The molecule has 1 N–H and O–H groups in total. The molecule has 1 atom stereocenters. The van der Waals surface area contributed by atoms with Crippen LogP contribution in [-0.4, -0.2) is 17.0 Å². The van der Waals surface area contributed by atoms with Crippen molar-refractivity contribution < 1.29 is 9.90 Å². The Hall–Kier alpha value is -0.810. The summed E-state index contributed by atoms with van der Waals surface area (Å²) in [5.74, 6) is 1.97. The maximum absolute atomic E-state index is 9.90. The van der Waals surface area contributed by atoms with Gasteiger partial charge in [-0.3, -0.25) is 4.79 Å². The van der Waals surface area contributed by atoms with Gasteiger partial charge in [0.2, 0.25) is 0 Å². The minimum Gasteiger partial charge on any atom is -0.371 e. The van der Waals surface area contributed by atoms with E-state index >= 15 is 0 Å². The second kappa shape index (κ2) is 2.49. The first-order valence-corrected chi connectivity index (χ1v) is 2.35. The summed E-state index contributed by atoms with van der Waals surface area (Å²) in [7, 11) is 0. The number of rotatable bonds is 2. The van der Waals surface area contributed by atoms with Crippen molar-refractivity contribution in [1.29, 1.82) is 0 Å². The number of aldehydes is 1. The van der Waals surface area contributed by atoms with Crippen molar-refractivity contribution >= 4 is 6.29 Å². The highest BCUT2D eigenvalue weighted by Gasteiger charge is 2.18. The Balaban J connectivity index is 4.03. The predicted molar refractivity (Wildman–Crippen MR) is 30.1 cm³/mol. The predicted octanol–water partition coefficient (Wildman–Crippen LogP) is -0.0404. The monoisotopic (exact) mass is 112 g/mol. The molecule has 0 aromatic rings. The van der Waals surface area contributed by atoms with Gasteiger partial charge in [-0.1, -0.05) is 12.8 Å². The molecule has 0 aliphatic rings. The van der Waals surface area contributed by atoms with Crippen molar-refractivity contribution in [3.8, 4) is 12.3 Å². The zero-order valence-corrected chi connectivity index (χ0v) is 4.72. The summed E-state index contributed by atoms with van der Waals surface area (Å²) >= 11 is 0. The first-order chi connectivity index (χ1) is 3.68. The summed E-state index contributed by atoms with van der Waals surface area (Å²) in [5.41, 5.74) is -1.53. The van der Waals surface area contributed by atoms with E-state index in [0.29, 0.717) is 6.29 Å². The second-order valence-corrected chi connectivity index (χ2v) is 1.54. The fraction of sp³-hybridized carbons (Fsp3) is 0.500. The largest absolute Gasteiger partial charge is 0.371 e. The Morgan fingerprint density at radius 3 is 2.50 bits per heavy atom. The normalized spacial score (nSPS) is 16.1. The highest BCUT2D eigenvalue weighted by Crippen LogP contribution is 2.01. The van der Waals surface area contributed by atoms with Gasteiger partial charge in [0.05, 0.1) is 0 Å². The van der Waals surface area contributed by atoms with Crippen LogP contribution in [0.15, 0.2) is 0 Å². The van der Waals surface area contributed by atoms with E-state index in [-0.39, 0.29) is 6.42 Å². The SMILES string of the molecule is C#C[C@](O)(C=O)CC. The van der Waals surface area contributed by atoms with Crippen LogP contribution in [-0.2, 0) is 4.79 Å². The van der Waals surface area contributed by atoms with E-state index in [0.717, 1.165) is 0 Å². The van der Waals surface area contributed by atoms with Gasteiger partial charge >= 0.3 is 0 Å². The van der Waals surface area contributed by atoms with Crippen LogP contribution >= 0.6 is 0 Å². The molecule has 2 nitrogen and oxygen atoms in total. The maximum atomic E-state index is 9.90. The smallest absolute Gasteiger partial charge is 0.180 e. The summed E-state index contributed by atoms with van der Waals surface area (Å²) in [4.78, 5) is 9.90. The molecule has 0 amide bonds. The lowest BCUT2D eigenvalue weighted by atomic mass is 10.1. The summed E-state index contributed by atoms with van der Waals surface area (Å²) in [5, 5.41) is 8.83. The van der Waals surface area contributed by atoms with Gasteiger partial charge in [0.15, 0.2) is 11.9 Å². The van der Waals surface area contributed by atoms with Gasteiger partial charge in [-0.15, -0.1) is 6.42 Å². The molecule has 8 heavy (non-hydrogen) atoms. The topological polar surface area (TPSA) is 37.3 Å². The Bertz CT molecular complexity index is 123. The van der Waals surface area contributed by atoms with E-state index in [1.165, 1.54) is 0 Å². The average Bonchev–Trinajstić information content (AvgIpc) is 1.87. The third-order valence-corrected chi connectivity index (χ3v) is 0.984. The number of terminal acetylenes is 1. The van der Waals surface area contributed by atoms with Crippen LogP contribution in [0, 0.1) is 12.3 Å². The van der Waals surface area contributed by atoms with Gasteiger partial charge in [0.1, 0.15) is 0 Å². The first kappa shape index (κ1) is 7.19. The van der Waals surface area contributed by atoms with Crippen molar-refractivity contribution in [3.05, 3.63) is 0 Å². The summed E-state index contributed by atoms with van der Waals surface area (Å²) < 4.78 is 0. The molecule has 0 radical (unpaired) electrons. The highest BCUT2D eigenvalue weighted by atomic mass is 16.3. The molecule has 0 fully saturated rings. The number of hydrogen-bond acceptors (Lipinski definition) is 2. The van der Waals surface area contributed by atoms with E-state index in [4.69, 9.17) is 11.5 Å². The lowest BCUT2D eigenvalue weighted by Crippen LogP contribution is -2.26. The number of carbonyl (C=O) groups excluding carboxylic acids is 1. The van der Waals surface area contributed by atoms with Crippen LogP contribution < -0.4 is 0 Å². The molecular formula is C6H8O2. The van der Waals surface area contributed by atoms with Gasteiger partial charge in [0, 0.05) is 0 Å². The molecule has 0 aromatic carbocycles. The third-order valence-electron chi connectivity index (χ3n) is 0.984. The Labute approximate surface area is 48.5 Å². The van der Waals surface area contributed by atoms with Crippen LogP contribution in [0.2, 0.25) is 0 Å². The molecule has 0 rings (SSSR count). The lowest BCUT2D eigenvalue weighted by molar-refractivity contribution is -0.119. The summed E-state index contributed by atoms with van der Waals surface area (Å²) in [6.45, 7) is 1.65. The molecule has 0 aliphatic carbocycles. The zero-order valence-electron chi connectivity index (χ0n) is 4.72. The van der Waals surface area contributed by atoms with Gasteiger partial charge in [0.25, 0.3) is 0 Å². The van der Waals surface area contributed by atoms with E-state index in [2.05, 4.69) is 0 Å². The molecular weight excluding hydrogens is 104 g/mol. The molecule has 0 spiro atoms. The average molecular weight is 112 g/mol. The Kier molecular flexibility index (Phi) is 2.23. The lowest BCUT2D eigenvalue weighted by Gasteiger charge is -2.08. The van der Waals surface area contributed by atoms with Crippen LogP contribution in [0.3, 0.4) is 0 Å². The van der Waals surface area contributed by atoms with Gasteiger partial charge in [-0.2, -0.15) is 0 Å². The molecule has 0 saturated carbocycles. The van der Waals surface area contributed by atoms with Crippen LogP contribution in [0.1, 0.15) is 13.3 Å². The van der Waals surface area contributed by atoms with Crippen LogP contribution in [0.5, 0.6) is 0 Å². The Morgan fingerprint density at radius 2 is 2.50 bits per heavy atom. The van der Waals surface area contributed by atoms with Gasteiger partial charge < -0.3 is 5.11 Å². The van der Waals surface area contributed by atoms with E-state index in [1.807, 2.05) is 5.92 Å². The minimum absolute atomic E-state index is 0.271.